The average molecular weight is 237 g/mol. The second-order valence-electron chi connectivity index (χ2n) is 5.96. The number of hydrogen-bond acceptors (Lipinski definition) is 4. The van der Waals surface area contributed by atoms with Gasteiger partial charge >= 0.3 is 0 Å². The van der Waals surface area contributed by atoms with Crippen molar-refractivity contribution in [2.45, 2.75) is 51.9 Å². The Morgan fingerprint density at radius 2 is 1.82 bits per heavy atom. The lowest BCUT2D eigenvalue weighted by molar-refractivity contribution is 0.322. The monoisotopic (exact) mass is 237 g/mol. The van der Waals surface area contributed by atoms with Gasteiger partial charge in [0.25, 0.3) is 0 Å². The zero-order valence-electron chi connectivity index (χ0n) is 11.2. The molecule has 0 bridgehead atoms. The third-order valence-electron chi connectivity index (χ3n) is 3.87. The molecule has 4 nitrogen and oxygen atoms in total. The van der Waals surface area contributed by atoms with Gasteiger partial charge in [0.2, 0.25) is 5.89 Å². The second-order valence-corrected chi connectivity index (χ2v) is 5.96. The maximum atomic E-state index is 5.78. The van der Waals surface area contributed by atoms with Gasteiger partial charge in [-0.05, 0) is 24.7 Å². The van der Waals surface area contributed by atoms with Crippen molar-refractivity contribution >= 4 is 0 Å². The van der Waals surface area contributed by atoms with Crippen molar-refractivity contribution in [2.75, 3.05) is 6.54 Å². The number of nitrogens with zero attached hydrogens (tertiary/aromatic N) is 2. The molecule has 0 spiro atoms. The van der Waals surface area contributed by atoms with Crippen molar-refractivity contribution in [3.05, 3.63) is 11.7 Å². The van der Waals surface area contributed by atoms with Gasteiger partial charge in [0.05, 0.1) is 5.41 Å². The molecule has 4 heteroatoms. The summed E-state index contributed by atoms with van der Waals surface area (Å²) in [4.78, 5) is 4.60. The Bertz CT molecular complexity index is 372. The predicted octanol–water partition coefficient (Wildman–Crippen LogP) is 2.46. The fourth-order valence-electron chi connectivity index (χ4n) is 2.61. The van der Waals surface area contributed by atoms with Crippen LogP contribution in [0.15, 0.2) is 4.52 Å². The molecule has 0 radical (unpaired) electrons. The minimum atomic E-state index is 0.00373. The molecule has 1 aliphatic carbocycles. The normalized spacial score (nSPS) is 18.4. The van der Waals surface area contributed by atoms with Crippen LogP contribution >= 0.6 is 0 Å². The van der Waals surface area contributed by atoms with Crippen molar-refractivity contribution in [1.29, 1.82) is 0 Å². The highest BCUT2D eigenvalue weighted by molar-refractivity contribution is 5.17. The summed E-state index contributed by atoms with van der Waals surface area (Å²) in [7, 11) is 0. The largest absolute Gasteiger partial charge is 0.339 e. The summed E-state index contributed by atoms with van der Waals surface area (Å²) >= 11 is 0. The Morgan fingerprint density at radius 1 is 1.24 bits per heavy atom. The molecule has 1 aliphatic rings. The quantitative estimate of drug-likeness (QED) is 0.854. The fraction of sp³-hybridized carbons (Fsp3) is 0.846. The summed E-state index contributed by atoms with van der Waals surface area (Å²) in [6.07, 6.45) is 2.16. The summed E-state index contributed by atoms with van der Waals surface area (Å²) in [5.74, 6) is 3.01. The highest BCUT2D eigenvalue weighted by Crippen LogP contribution is 2.46. The van der Waals surface area contributed by atoms with Gasteiger partial charge < -0.3 is 10.3 Å². The van der Waals surface area contributed by atoms with Gasteiger partial charge in [-0.2, -0.15) is 4.98 Å². The smallest absolute Gasteiger partial charge is 0.234 e. The Morgan fingerprint density at radius 3 is 2.24 bits per heavy atom. The van der Waals surface area contributed by atoms with E-state index in [0.29, 0.717) is 24.3 Å². The molecule has 1 aromatic rings. The summed E-state index contributed by atoms with van der Waals surface area (Å²) in [6, 6.07) is 0. The lowest BCUT2D eigenvalue weighted by atomic mass is 9.85. The summed E-state index contributed by atoms with van der Waals surface area (Å²) < 4.78 is 5.42. The van der Waals surface area contributed by atoms with Crippen LogP contribution in [0.2, 0.25) is 0 Å². The number of nitrogens with two attached hydrogens (primary N) is 1. The lowest BCUT2D eigenvalue weighted by Crippen LogP contribution is -2.20. The molecular formula is C13H23N3O. The SMILES string of the molecule is CC(C)C(c1noc(C2(CN)CC2)n1)C(C)C. The highest BCUT2D eigenvalue weighted by Gasteiger charge is 2.48. The maximum Gasteiger partial charge on any atom is 0.234 e. The van der Waals surface area contributed by atoms with Gasteiger partial charge in [-0.3, -0.25) is 0 Å². The van der Waals surface area contributed by atoms with Gasteiger partial charge in [-0.15, -0.1) is 0 Å². The Balaban J connectivity index is 2.22. The minimum Gasteiger partial charge on any atom is -0.339 e. The Hall–Kier alpha value is -0.900. The highest BCUT2D eigenvalue weighted by atomic mass is 16.5. The van der Waals surface area contributed by atoms with E-state index >= 15 is 0 Å². The van der Waals surface area contributed by atoms with Crippen LogP contribution in [-0.2, 0) is 5.41 Å². The third kappa shape index (κ3) is 2.23. The Labute approximate surface area is 103 Å². The van der Waals surface area contributed by atoms with Crippen LogP contribution in [0.25, 0.3) is 0 Å². The van der Waals surface area contributed by atoms with E-state index in [4.69, 9.17) is 10.3 Å². The third-order valence-corrected chi connectivity index (χ3v) is 3.87. The van der Waals surface area contributed by atoms with E-state index in [0.717, 1.165) is 24.6 Å². The van der Waals surface area contributed by atoms with Gasteiger partial charge in [-0.25, -0.2) is 0 Å². The summed E-state index contributed by atoms with van der Waals surface area (Å²) in [5, 5.41) is 4.17. The van der Waals surface area contributed by atoms with Crippen molar-refractivity contribution in [3.8, 4) is 0 Å². The molecule has 0 aliphatic heterocycles. The topological polar surface area (TPSA) is 64.9 Å². The molecule has 2 rings (SSSR count). The first-order valence-corrected chi connectivity index (χ1v) is 6.54. The first-order chi connectivity index (χ1) is 8.00. The molecule has 2 N–H and O–H groups in total. The molecule has 0 atom stereocenters. The van der Waals surface area contributed by atoms with Crippen molar-refractivity contribution in [2.24, 2.45) is 17.6 Å². The van der Waals surface area contributed by atoms with Crippen molar-refractivity contribution < 1.29 is 4.52 Å². The van der Waals surface area contributed by atoms with Crippen molar-refractivity contribution in [3.63, 3.8) is 0 Å². The average Bonchev–Trinajstić information content (AvgIpc) is 2.91. The zero-order chi connectivity index (χ0) is 12.6. The van der Waals surface area contributed by atoms with E-state index in [1.165, 1.54) is 0 Å². The molecule has 1 heterocycles. The van der Waals surface area contributed by atoms with Crippen LogP contribution < -0.4 is 5.73 Å². The van der Waals surface area contributed by atoms with E-state index in [1.807, 2.05) is 0 Å². The molecular weight excluding hydrogens is 214 g/mol. The molecule has 0 unspecified atom stereocenters. The van der Waals surface area contributed by atoms with E-state index in [1.54, 1.807) is 0 Å². The van der Waals surface area contributed by atoms with Crippen LogP contribution in [0.5, 0.6) is 0 Å². The van der Waals surface area contributed by atoms with E-state index in [-0.39, 0.29) is 5.41 Å². The molecule has 0 aromatic carbocycles. The molecule has 0 saturated heterocycles. The van der Waals surface area contributed by atoms with Gasteiger partial charge in [0.1, 0.15) is 0 Å². The van der Waals surface area contributed by atoms with Crippen LogP contribution in [0.3, 0.4) is 0 Å². The molecule has 1 fully saturated rings. The first-order valence-electron chi connectivity index (χ1n) is 6.54. The number of aromatic nitrogens is 2. The number of rotatable bonds is 5. The molecule has 0 amide bonds. The van der Waals surface area contributed by atoms with Crippen LogP contribution in [0.4, 0.5) is 0 Å². The van der Waals surface area contributed by atoms with Gasteiger partial charge in [0.15, 0.2) is 5.82 Å². The minimum absolute atomic E-state index is 0.00373. The summed E-state index contributed by atoms with van der Waals surface area (Å²) in [5.41, 5.74) is 5.78. The molecule has 17 heavy (non-hydrogen) atoms. The summed E-state index contributed by atoms with van der Waals surface area (Å²) in [6.45, 7) is 9.43. The molecule has 1 aromatic heterocycles. The first kappa shape index (κ1) is 12.6. The van der Waals surface area contributed by atoms with E-state index in [2.05, 4.69) is 37.8 Å². The number of hydrogen-bond donors (Lipinski definition) is 1. The maximum absolute atomic E-state index is 5.78. The predicted molar refractivity (Wildman–Crippen MR) is 66.7 cm³/mol. The molecule has 1 saturated carbocycles. The van der Waals surface area contributed by atoms with Gasteiger partial charge in [-0.1, -0.05) is 32.9 Å². The van der Waals surface area contributed by atoms with E-state index < -0.39 is 0 Å². The Kier molecular flexibility index (Phi) is 3.25. The van der Waals surface area contributed by atoms with Crippen molar-refractivity contribution in [1.82, 2.24) is 10.1 Å². The van der Waals surface area contributed by atoms with Crippen LogP contribution in [-0.4, -0.2) is 16.7 Å². The fourth-order valence-corrected chi connectivity index (χ4v) is 2.61. The standard InChI is InChI=1S/C13H23N3O/c1-8(2)10(9(3)4)11-15-12(17-16-11)13(7-14)5-6-13/h8-10H,5-7,14H2,1-4H3. The zero-order valence-corrected chi connectivity index (χ0v) is 11.2. The lowest BCUT2D eigenvalue weighted by Gasteiger charge is -2.20. The van der Waals surface area contributed by atoms with E-state index in [9.17, 15) is 0 Å². The molecule has 96 valence electrons. The van der Waals surface area contributed by atoms with Gasteiger partial charge in [0, 0.05) is 12.5 Å². The van der Waals surface area contributed by atoms with Crippen LogP contribution in [0, 0.1) is 11.8 Å². The second kappa shape index (κ2) is 4.41. The van der Waals surface area contributed by atoms with Crippen LogP contribution in [0.1, 0.15) is 58.2 Å².